The number of hydrogen-bond acceptors (Lipinski definition) is 2. The van der Waals surface area contributed by atoms with Crippen LogP contribution < -0.4 is 0 Å². The molecule has 0 aliphatic carbocycles. The Kier molecular flexibility index (Phi) is 1.45. The topological polar surface area (TPSA) is 29.5 Å². The number of nitrogens with zero attached hydrogens (tertiary/aromatic N) is 1. The fourth-order valence-electron chi connectivity index (χ4n) is 0.675. The SMILES string of the molecule is [2H]C1CC([2H])N1C(=O)OC(C)(C)C. The van der Waals surface area contributed by atoms with Crippen molar-refractivity contribution in [2.24, 2.45) is 0 Å². The van der Waals surface area contributed by atoms with Gasteiger partial charge in [0, 0.05) is 15.8 Å². The van der Waals surface area contributed by atoms with E-state index in [2.05, 4.69) is 0 Å². The van der Waals surface area contributed by atoms with Crippen molar-refractivity contribution in [3.05, 3.63) is 0 Å². The lowest BCUT2D eigenvalue weighted by molar-refractivity contribution is 0.0131. The summed E-state index contributed by atoms with van der Waals surface area (Å²) in [6.45, 7) is 4.10. The molecule has 1 rings (SSSR count). The van der Waals surface area contributed by atoms with Crippen LogP contribution in [0.2, 0.25) is 0 Å². The van der Waals surface area contributed by atoms with Crippen LogP contribution in [-0.2, 0) is 4.74 Å². The molecule has 0 aromatic rings. The van der Waals surface area contributed by atoms with Gasteiger partial charge < -0.3 is 9.64 Å². The monoisotopic (exact) mass is 159 g/mol. The molecule has 0 radical (unpaired) electrons. The van der Waals surface area contributed by atoms with Crippen LogP contribution in [0.3, 0.4) is 0 Å². The maximum absolute atomic E-state index is 11.3. The minimum absolute atomic E-state index is 0.416. The number of likely N-dealkylation sites (tertiary alicyclic amines) is 1. The molecule has 2 atom stereocenters. The van der Waals surface area contributed by atoms with Crippen molar-refractivity contribution in [2.75, 3.05) is 13.0 Å². The molecule has 0 N–H and O–H groups in total. The zero-order valence-electron chi connectivity index (χ0n) is 9.13. The van der Waals surface area contributed by atoms with Gasteiger partial charge in [-0.2, -0.15) is 0 Å². The summed E-state index contributed by atoms with van der Waals surface area (Å²) in [5.74, 6) is 0. The van der Waals surface area contributed by atoms with Gasteiger partial charge in [-0.3, -0.25) is 0 Å². The molecule has 1 aliphatic heterocycles. The Balaban J connectivity index is 2.49. The zero-order chi connectivity index (χ0) is 10.2. The molecule has 64 valence electrons. The van der Waals surface area contributed by atoms with Crippen molar-refractivity contribution in [3.8, 4) is 0 Å². The number of carbonyl (C=O) groups excluding carboxylic acids is 1. The summed E-state index contributed by atoms with van der Waals surface area (Å²) in [6, 6.07) is 0. The largest absolute Gasteiger partial charge is 0.444 e. The highest BCUT2D eigenvalue weighted by molar-refractivity contribution is 5.68. The lowest BCUT2D eigenvalue weighted by Gasteiger charge is -2.32. The second-order valence-electron chi connectivity index (χ2n) is 3.49. The van der Waals surface area contributed by atoms with Crippen LogP contribution in [0.4, 0.5) is 4.79 Å². The summed E-state index contributed by atoms with van der Waals surface area (Å²) >= 11 is 0. The summed E-state index contributed by atoms with van der Waals surface area (Å²) in [5.41, 5.74) is -0.549. The molecule has 11 heavy (non-hydrogen) atoms. The lowest BCUT2D eigenvalue weighted by Crippen LogP contribution is -2.44. The van der Waals surface area contributed by atoms with E-state index in [-0.39, 0.29) is 0 Å². The quantitative estimate of drug-likeness (QED) is 0.537. The molecule has 1 fully saturated rings. The highest BCUT2D eigenvalue weighted by Gasteiger charge is 2.25. The van der Waals surface area contributed by atoms with Crippen molar-refractivity contribution in [2.45, 2.75) is 32.8 Å². The summed E-state index contributed by atoms with van der Waals surface area (Å²) in [4.78, 5) is 12.5. The summed E-state index contributed by atoms with van der Waals surface area (Å²) in [5, 5.41) is 0. The van der Waals surface area contributed by atoms with Crippen LogP contribution >= 0.6 is 0 Å². The van der Waals surface area contributed by atoms with Crippen LogP contribution in [0.1, 0.15) is 29.9 Å². The summed E-state index contributed by atoms with van der Waals surface area (Å²) in [7, 11) is 0. The van der Waals surface area contributed by atoms with Crippen molar-refractivity contribution in [1.82, 2.24) is 4.90 Å². The Morgan fingerprint density at radius 3 is 2.45 bits per heavy atom. The molecule has 0 bridgehead atoms. The standard InChI is InChI=1S/C8H15NO2/c1-8(2,3)11-7(10)9-5-4-6-9/h4-6H2,1-3H3/i5D,6D. The first-order valence-corrected chi connectivity index (χ1v) is 3.67. The first-order chi connectivity index (χ1) is 5.81. The molecule has 2 unspecified atom stereocenters. The van der Waals surface area contributed by atoms with Gasteiger partial charge in [-0.25, -0.2) is 4.79 Å². The molecule has 0 spiro atoms. The molecular formula is C8H15NO2. The van der Waals surface area contributed by atoms with Crippen LogP contribution in [-0.4, -0.2) is 29.6 Å². The molecule has 1 heterocycles. The second kappa shape index (κ2) is 2.72. The fraction of sp³-hybridized carbons (Fsp3) is 0.875. The summed E-state index contributed by atoms with van der Waals surface area (Å²) in [6.07, 6.45) is -0.141. The molecular weight excluding hydrogens is 142 g/mol. The summed E-state index contributed by atoms with van der Waals surface area (Å²) < 4.78 is 19.7. The highest BCUT2D eigenvalue weighted by atomic mass is 16.6. The lowest BCUT2D eigenvalue weighted by atomic mass is 10.2. The number of amides is 1. The van der Waals surface area contributed by atoms with Gasteiger partial charge in [0.25, 0.3) is 0 Å². The minimum Gasteiger partial charge on any atom is -0.444 e. The van der Waals surface area contributed by atoms with Crippen molar-refractivity contribution < 1.29 is 12.3 Å². The van der Waals surface area contributed by atoms with Crippen LogP contribution in [0.5, 0.6) is 0 Å². The second-order valence-corrected chi connectivity index (χ2v) is 3.49. The average Bonchev–Trinajstić information content (AvgIpc) is 1.80. The number of ether oxygens (including phenoxy) is 1. The van der Waals surface area contributed by atoms with Gasteiger partial charge in [0.05, 0.1) is 0 Å². The maximum atomic E-state index is 11.3. The van der Waals surface area contributed by atoms with Crippen molar-refractivity contribution in [3.63, 3.8) is 0 Å². The molecule has 1 amide bonds. The third-order valence-electron chi connectivity index (χ3n) is 1.21. The fourth-order valence-corrected chi connectivity index (χ4v) is 0.675. The van der Waals surface area contributed by atoms with E-state index in [9.17, 15) is 4.79 Å². The van der Waals surface area contributed by atoms with Gasteiger partial charge in [0.2, 0.25) is 0 Å². The Morgan fingerprint density at radius 2 is 2.09 bits per heavy atom. The van der Waals surface area contributed by atoms with E-state index in [0.717, 1.165) is 4.90 Å². The Bertz CT molecular complexity index is 207. The molecule has 0 saturated carbocycles. The molecule has 3 nitrogen and oxygen atoms in total. The first-order valence-electron chi connectivity index (χ1n) is 4.82. The third kappa shape index (κ3) is 2.41. The zero-order valence-corrected chi connectivity index (χ0v) is 7.13. The van der Waals surface area contributed by atoms with Gasteiger partial charge in [-0.1, -0.05) is 0 Å². The van der Waals surface area contributed by atoms with Gasteiger partial charge in [0.15, 0.2) is 0 Å². The molecule has 0 aromatic heterocycles. The smallest absolute Gasteiger partial charge is 0.410 e. The molecule has 1 aliphatic rings. The average molecular weight is 159 g/mol. The first kappa shape index (κ1) is 5.86. The van der Waals surface area contributed by atoms with E-state index >= 15 is 0 Å². The van der Waals surface area contributed by atoms with E-state index in [1.54, 1.807) is 20.8 Å². The Labute approximate surface area is 70.1 Å². The van der Waals surface area contributed by atoms with E-state index in [0.29, 0.717) is 6.42 Å². The highest BCUT2D eigenvalue weighted by Crippen LogP contribution is 2.13. The number of hydrogen-bond donors (Lipinski definition) is 0. The molecule has 3 heteroatoms. The van der Waals surface area contributed by atoms with Crippen LogP contribution in [0, 0.1) is 0 Å². The minimum atomic E-state index is -0.600. The number of rotatable bonds is 0. The predicted octanol–water partition coefficient (Wildman–Crippen LogP) is 1.63. The van der Waals surface area contributed by atoms with Gasteiger partial charge in [0.1, 0.15) is 5.60 Å². The Morgan fingerprint density at radius 1 is 1.55 bits per heavy atom. The van der Waals surface area contributed by atoms with Gasteiger partial charge in [-0.15, -0.1) is 0 Å². The Hall–Kier alpha value is -0.730. The van der Waals surface area contributed by atoms with Gasteiger partial charge >= 0.3 is 6.09 Å². The predicted molar refractivity (Wildman–Crippen MR) is 42.4 cm³/mol. The van der Waals surface area contributed by atoms with E-state index in [1.165, 1.54) is 0 Å². The van der Waals surface area contributed by atoms with Crippen LogP contribution in [0.15, 0.2) is 0 Å². The normalized spacial score (nSPS) is 33.5. The van der Waals surface area contributed by atoms with E-state index in [4.69, 9.17) is 7.48 Å². The molecule has 0 aromatic carbocycles. The third-order valence-corrected chi connectivity index (χ3v) is 1.21. The maximum Gasteiger partial charge on any atom is 0.410 e. The van der Waals surface area contributed by atoms with Gasteiger partial charge in [-0.05, 0) is 27.2 Å². The molecule has 1 saturated heterocycles. The van der Waals surface area contributed by atoms with E-state index in [1.807, 2.05) is 0 Å². The van der Waals surface area contributed by atoms with Crippen LogP contribution in [0.25, 0.3) is 0 Å². The van der Waals surface area contributed by atoms with Crippen molar-refractivity contribution in [1.29, 1.82) is 0 Å². The van der Waals surface area contributed by atoms with Crippen molar-refractivity contribution >= 4 is 6.09 Å². The number of carbonyl (C=O) groups is 1. The van der Waals surface area contributed by atoms with E-state index < -0.39 is 24.7 Å².